The van der Waals surface area contributed by atoms with E-state index in [1.54, 1.807) is 54.6 Å². The molecule has 14 nitrogen and oxygen atoms in total. The molecule has 1 unspecified atom stereocenters. The molecule has 1 aliphatic carbocycles. The predicted octanol–water partition coefficient (Wildman–Crippen LogP) is 6.14. The number of halogens is 1. The Morgan fingerprint density at radius 2 is 1.50 bits per heavy atom. The van der Waals surface area contributed by atoms with Crippen molar-refractivity contribution in [1.29, 1.82) is 10.5 Å². The first kappa shape index (κ1) is 49.0. The molecule has 0 radical (unpaired) electrons. The number of rotatable bonds is 16. The summed E-state index contributed by atoms with van der Waals surface area (Å²) in [5.74, 6) is -0.241. The van der Waals surface area contributed by atoms with Crippen LogP contribution in [0.1, 0.15) is 81.9 Å². The van der Waals surface area contributed by atoms with E-state index in [1.807, 2.05) is 57.2 Å². The van der Waals surface area contributed by atoms with E-state index in [1.165, 1.54) is 4.90 Å². The molecule has 3 atom stereocenters. The second-order valence-corrected chi connectivity index (χ2v) is 19.6. The molecule has 0 aromatic heterocycles. The number of ether oxygens (including phenoxy) is 2. The second kappa shape index (κ2) is 20.4. The van der Waals surface area contributed by atoms with Crippen molar-refractivity contribution >= 4 is 35.2 Å². The van der Waals surface area contributed by atoms with Gasteiger partial charge in [0.1, 0.15) is 42.4 Å². The van der Waals surface area contributed by atoms with E-state index in [4.69, 9.17) is 26.3 Å². The molecule has 346 valence electrons. The number of hydrogen-bond acceptors (Lipinski definition) is 10. The first-order chi connectivity index (χ1) is 31.2. The van der Waals surface area contributed by atoms with E-state index in [0.29, 0.717) is 39.8 Å². The molecule has 4 aromatic carbocycles. The third kappa shape index (κ3) is 11.3. The number of carbonyl (C=O) groups excluding carboxylic acids is 4. The molecule has 0 spiro atoms. The third-order valence-electron chi connectivity index (χ3n) is 12.4. The van der Waals surface area contributed by atoms with Crippen molar-refractivity contribution in [2.24, 2.45) is 16.2 Å². The molecule has 1 aliphatic heterocycles. The first-order valence-corrected chi connectivity index (χ1v) is 22.4. The highest BCUT2D eigenvalue weighted by Gasteiger charge is 2.64. The van der Waals surface area contributed by atoms with Gasteiger partial charge in [-0.2, -0.15) is 10.5 Å². The summed E-state index contributed by atoms with van der Waals surface area (Å²) in [5.41, 5.74) is 2.58. The Hall–Kier alpha value is -6.45. The van der Waals surface area contributed by atoms with Crippen LogP contribution in [-0.2, 0) is 20.9 Å². The van der Waals surface area contributed by atoms with Gasteiger partial charge in [-0.3, -0.25) is 19.2 Å². The molecular formula is C51H58ClN7O7. The number of benzene rings is 4. The number of hydrogen-bond donors (Lipinski definition) is 5. The fourth-order valence-corrected chi connectivity index (χ4v) is 9.36. The van der Waals surface area contributed by atoms with Crippen LogP contribution in [0.5, 0.6) is 11.5 Å². The lowest BCUT2D eigenvalue weighted by Gasteiger charge is -2.63. The summed E-state index contributed by atoms with van der Waals surface area (Å²) in [5, 5.41) is 41.0. The number of aliphatic hydroxyl groups excluding tert-OH is 1. The second-order valence-electron chi connectivity index (χ2n) is 19.2. The molecule has 1 heterocycles. The Kier molecular flexibility index (Phi) is 15.1. The lowest BCUT2D eigenvalue weighted by Crippen LogP contribution is -2.74. The summed E-state index contributed by atoms with van der Waals surface area (Å²) in [4.78, 5) is 55.1. The average molecular weight is 917 g/mol. The largest absolute Gasteiger partial charge is 0.492 e. The van der Waals surface area contributed by atoms with Crippen molar-refractivity contribution < 1.29 is 33.8 Å². The Morgan fingerprint density at radius 1 is 0.879 bits per heavy atom. The number of carbonyl (C=O) groups is 4. The quantitative estimate of drug-likeness (QED) is 0.0812. The normalized spacial score (nSPS) is 19.8. The number of nitriles is 2. The number of nitrogens with one attached hydrogen (secondary N) is 4. The van der Waals surface area contributed by atoms with Crippen LogP contribution in [0, 0.1) is 38.9 Å². The summed E-state index contributed by atoms with van der Waals surface area (Å²) < 4.78 is 12.3. The maximum Gasteiger partial charge on any atom is 0.251 e. The molecule has 6 rings (SSSR count). The van der Waals surface area contributed by atoms with Crippen LogP contribution in [0.2, 0.25) is 5.02 Å². The number of likely N-dealkylation sites (tertiary alicyclic amines) is 1. The van der Waals surface area contributed by atoms with E-state index in [-0.39, 0.29) is 50.7 Å². The SMILES string of the molecule is CC(C)(C)C(NC(=O)CNCCOc1ccc(-c2ccc(C(=O)N[C@H]3C(C)(C)[C@H](Oc4ccc(C#N)c(Cl)c4)C3(C)C)cc2)cc1)C(=O)N1C[C@H](O)C[C@H]1C(=O)NCc1ccc(C#N)cc1. The number of aliphatic hydroxyl groups is 1. The highest BCUT2D eigenvalue weighted by atomic mass is 35.5. The minimum Gasteiger partial charge on any atom is -0.492 e. The Balaban J connectivity index is 0.936. The Labute approximate surface area is 391 Å². The zero-order valence-electron chi connectivity index (χ0n) is 38.4. The highest BCUT2D eigenvalue weighted by molar-refractivity contribution is 6.31. The van der Waals surface area contributed by atoms with Crippen LogP contribution in [0.3, 0.4) is 0 Å². The van der Waals surface area contributed by atoms with Gasteiger partial charge >= 0.3 is 0 Å². The summed E-state index contributed by atoms with van der Waals surface area (Å²) in [7, 11) is 0. The van der Waals surface area contributed by atoms with Crippen LogP contribution < -0.4 is 30.7 Å². The van der Waals surface area contributed by atoms with E-state index in [9.17, 15) is 29.5 Å². The van der Waals surface area contributed by atoms with Gasteiger partial charge in [0.05, 0.1) is 34.9 Å². The minimum absolute atomic E-state index is 0.0327. The zero-order valence-corrected chi connectivity index (χ0v) is 39.2. The summed E-state index contributed by atoms with van der Waals surface area (Å²) >= 11 is 6.24. The number of nitrogens with zero attached hydrogens (tertiary/aromatic N) is 3. The van der Waals surface area contributed by atoms with Gasteiger partial charge in [0, 0.05) is 54.6 Å². The maximum absolute atomic E-state index is 13.9. The van der Waals surface area contributed by atoms with Gasteiger partial charge in [-0.1, -0.05) is 96.5 Å². The Bertz CT molecular complexity index is 2470. The van der Waals surface area contributed by atoms with Crippen LogP contribution >= 0.6 is 11.6 Å². The van der Waals surface area contributed by atoms with Crippen molar-refractivity contribution in [2.45, 2.75) is 91.8 Å². The molecule has 66 heavy (non-hydrogen) atoms. The number of β-amino-alcohol motifs (C(OH)–C–C–N with tert-alkyl or cyclic N) is 1. The molecule has 4 aromatic rings. The highest BCUT2D eigenvalue weighted by Crippen LogP contribution is 2.55. The fourth-order valence-electron chi connectivity index (χ4n) is 9.15. The Morgan fingerprint density at radius 3 is 2.09 bits per heavy atom. The average Bonchev–Trinajstić information content (AvgIpc) is 3.69. The summed E-state index contributed by atoms with van der Waals surface area (Å²) in [6.07, 6.45) is -1.03. The van der Waals surface area contributed by atoms with Crippen LogP contribution in [0.15, 0.2) is 91.0 Å². The van der Waals surface area contributed by atoms with Crippen LogP contribution in [0.25, 0.3) is 11.1 Å². The van der Waals surface area contributed by atoms with Gasteiger partial charge in [0.2, 0.25) is 17.7 Å². The molecule has 5 N–H and O–H groups in total. The van der Waals surface area contributed by atoms with Crippen molar-refractivity contribution in [3.63, 3.8) is 0 Å². The van der Waals surface area contributed by atoms with E-state index in [0.717, 1.165) is 16.7 Å². The van der Waals surface area contributed by atoms with E-state index < -0.39 is 52.2 Å². The predicted molar refractivity (Wildman–Crippen MR) is 250 cm³/mol. The van der Waals surface area contributed by atoms with Crippen LogP contribution in [-0.4, -0.2) is 90.2 Å². The molecule has 1 saturated heterocycles. The standard InChI is InChI=1S/C51H58ClN7O7/c1-49(2,3)43(46(64)59-30-37(60)24-41(59)45(63)56-28-32-10-8-31(26-53)9-11-32)57-42(61)29-55-22-23-65-38-19-16-34(17-20-38)33-12-14-35(15-13-33)44(62)58-47-50(4,5)48(51(47,6)7)66-39-21-18-36(27-54)40(52)25-39/h8-21,25,37,41,43,47-48,55,60H,22-24,28-30H2,1-7H3,(H,56,63)(H,57,61)(H,58,62)/t37-,41+,43?,47-,48-/m1/s1. The van der Waals surface area contributed by atoms with Gasteiger partial charge < -0.3 is 40.7 Å². The number of amides is 4. The first-order valence-electron chi connectivity index (χ1n) is 22.0. The topological polar surface area (TPSA) is 206 Å². The molecule has 2 fully saturated rings. The molecular weight excluding hydrogens is 858 g/mol. The van der Waals surface area contributed by atoms with Gasteiger partial charge in [0.15, 0.2) is 0 Å². The molecule has 1 saturated carbocycles. The summed E-state index contributed by atoms with van der Waals surface area (Å²) in [6, 6.07) is 28.9. The molecule has 15 heteroatoms. The third-order valence-corrected chi connectivity index (χ3v) is 12.7. The fraction of sp³-hybridized carbons (Fsp3) is 0.412. The molecule has 0 bridgehead atoms. The maximum atomic E-state index is 13.9. The minimum atomic E-state index is -0.960. The smallest absolute Gasteiger partial charge is 0.251 e. The molecule has 2 aliphatic rings. The van der Waals surface area contributed by atoms with Crippen LogP contribution in [0.4, 0.5) is 0 Å². The van der Waals surface area contributed by atoms with Crippen molar-refractivity contribution in [3.8, 4) is 34.8 Å². The van der Waals surface area contributed by atoms with Gasteiger partial charge in [-0.05, 0) is 70.6 Å². The lowest BCUT2D eigenvalue weighted by atomic mass is 9.49. The lowest BCUT2D eigenvalue weighted by molar-refractivity contribution is -0.164. The van der Waals surface area contributed by atoms with Crippen molar-refractivity contribution in [1.82, 2.24) is 26.2 Å². The zero-order chi connectivity index (χ0) is 48.0. The van der Waals surface area contributed by atoms with Gasteiger partial charge in [-0.15, -0.1) is 0 Å². The van der Waals surface area contributed by atoms with Crippen molar-refractivity contribution in [3.05, 3.63) is 118 Å². The van der Waals surface area contributed by atoms with E-state index >= 15 is 0 Å². The molecule has 4 amide bonds. The van der Waals surface area contributed by atoms with Crippen molar-refractivity contribution in [2.75, 3.05) is 26.2 Å². The van der Waals surface area contributed by atoms with Gasteiger partial charge in [-0.25, -0.2) is 0 Å². The summed E-state index contributed by atoms with van der Waals surface area (Å²) in [6.45, 7) is 14.4. The van der Waals surface area contributed by atoms with E-state index in [2.05, 4.69) is 61.1 Å². The van der Waals surface area contributed by atoms with Gasteiger partial charge in [0.25, 0.3) is 5.91 Å². The monoisotopic (exact) mass is 915 g/mol.